The van der Waals surface area contributed by atoms with E-state index in [9.17, 15) is 8.42 Å². The fraction of sp³-hybridized carbons (Fsp3) is 0.556. The van der Waals surface area contributed by atoms with Gasteiger partial charge in [-0.1, -0.05) is 0 Å². The van der Waals surface area contributed by atoms with Crippen molar-refractivity contribution in [2.45, 2.75) is 6.42 Å². The van der Waals surface area contributed by atoms with Crippen LogP contribution in [0.25, 0.3) is 0 Å². The van der Waals surface area contributed by atoms with E-state index >= 15 is 0 Å². The van der Waals surface area contributed by atoms with Gasteiger partial charge in [0, 0.05) is 13.1 Å². The third-order valence-corrected chi connectivity index (χ3v) is 2.59. The molecule has 0 bridgehead atoms. The summed E-state index contributed by atoms with van der Waals surface area (Å²) < 4.78 is 28.8. The molecule has 0 atom stereocenters. The number of hydrogen-bond donors (Lipinski definition) is 2. The molecule has 1 aromatic rings. The average Bonchev–Trinajstić information content (AvgIpc) is 2.28. The zero-order valence-electron chi connectivity index (χ0n) is 9.80. The Bertz CT molecular complexity index is 432. The lowest BCUT2D eigenvalue weighted by atomic mass is 10.4. The van der Waals surface area contributed by atoms with Crippen LogP contribution in [-0.4, -0.2) is 44.8 Å². The second kappa shape index (κ2) is 6.36. The molecule has 0 amide bonds. The zero-order valence-corrected chi connectivity index (χ0v) is 10.6. The van der Waals surface area contributed by atoms with Gasteiger partial charge in [-0.3, -0.25) is 0 Å². The molecule has 0 saturated heterocycles. The van der Waals surface area contributed by atoms with Gasteiger partial charge in [0.1, 0.15) is 0 Å². The molecule has 0 fully saturated rings. The Morgan fingerprint density at radius 2 is 1.94 bits per heavy atom. The summed E-state index contributed by atoms with van der Waals surface area (Å²) in [5, 5.41) is 2.97. The van der Waals surface area contributed by atoms with Crippen LogP contribution in [0, 0.1) is 0 Å². The van der Waals surface area contributed by atoms with Gasteiger partial charge in [-0.25, -0.2) is 23.1 Å². The molecule has 0 unspecified atom stereocenters. The maximum atomic E-state index is 10.8. The molecule has 0 aliphatic carbocycles. The normalized spacial score (nSPS) is 11.2. The number of anilines is 1. The minimum absolute atomic E-state index is 0.391. The van der Waals surface area contributed by atoms with Gasteiger partial charge in [-0.2, -0.15) is 0 Å². The summed E-state index contributed by atoms with van der Waals surface area (Å²) >= 11 is 0. The number of nitrogens with one attached hydrogen (secondary N) is 2. The molecule has 0 aliphatic rings. The fourth-order valence-electron chi connectivity index (χ4n) is 1.06. The minimum atomic E-state index is -3.10. The van der Waals surface area contributed by atoms with Crippen LogP contribution in [0.2, 0.25) is 0 Å². The summed E-state index contributed by atoms with van der Waals surface area (Å²) in [5.74, 6) is 1.08. The molecule has 17 heavy (non-hydrogen) atoms. The first-order valence-electron chi connectivity index (χ1n) is 5.06. The quantitative estimate of drug-likeness (QED) is 0.661. The van der Waals surface area contributed by atoms with E-state index in [1.54, 1.807) is 19.5 Å². The average molecular weight is 260 g/mol. The minimum Gasteiger partial charge on any atom is -0.494 e. The van der Waals surface area contributed by atoms with Crippen LogP contribution in [0.1, 0.15) is 6.42 Å². The summed E-state index contributed by atoms with van der Waals surface area (Å²) in [6.45, 7) is 0.983. The molecule has 2 N–H and O–H groups in total. The second-order valence-electron chi connectivity index (χ2n) is 3.39. The van der Waals surface area contributed by atoms with Crippen LogP contribution in [0.4, 0.5) is 5.95 Å². The third-order valence-electron chi connectivity index (χ3n) is 1.86. The molecule has 7 nitrogen and oxygen atoms in total. The summed E-state index contributed by atoms with van der Waals surface area (Å²) in [7, 11) is -1.56. The Balaban J connectivity index is 2.22. The standard InChI is InChI=1S/C9H16N4O3S/c1-16-8-6-11-9(12-7-8)10-4-3-5-13-17(2,14)15/h6-7,13H,3-5H2,1-2H3,(H,10,11,12). The van der Waals surface area contributed by atoms with E-state index in [2.05, 4.69) is 20.0 Å². The molecule has 1 aromatic heterocycles. The van der Waals surface area contributed by atoms with Gasteiger partial charge in [0.05, 0.1) is 25.8 Å². The lowest BCUT2D eigenvalue weighted by Gasteiger charge is -2.05. The van der Waals surface area contributed by atoms with Gasteiger partial charge >= 0.3 is 0 Å². The first-order valence-corrected chi connectivity index (χ1v) is 6.95. The lowest BCUT2D eigenvalue weighted by molar-refractivity contribution is 0.411. The van der Waals surface area contributed by atoms with Crippen molar-refractivity contribution in [1.82, 2.24) is 14.7 Å². The highest BCUT2D eigenvalue weighted by Crippen LogP contribution is 2.06. The van der Waals surface area contributed by atoms with Crippen molar-refractivity contribution < 1.29 is 13.2 Å². The van der Waals surface area contributed by atoms with Gasteiger partial charge in [0.2, 0.25) is 16.0 Å². The van der Waals surface area contributed by atoms with Crippen LogP contribution < -0.4 is 14.8 Å². The SMILES string of the molecule is COc1cnc(NCCCNS(C)(=O)=O)nc1. The van der Waals surface area contributed by atoms with Crippen LogP contribution in [0.5, 0.6) is 5.75 Å². The predicted molar refractivity (Wildman–Crippen MR) is 64.5 cm³/mol. The van der Waals surface area contributed by atoms with E-state index in [1.165, 1.54) is 0 Å². The zero-order chi connectivity index (χ0) is 12.7. The Kier molecular flexibility index (Phi) is 5.11. The van der Waals surface area contributed by atoms with Crippen molar-refractivity contribution in [1.29, 1.82) is 0 Å². The molecule has 0 aliphatic heterocycles. The lowest BCUT2D eigenvalue weighted by Crippen LogP contribution is -2.24. The van der Waals surface area contributed by atoms with E-state index < -0.39 is 10.0 Å². The van der Waals surface area contributed by atoms with Crippen LogP contribution >= 0.6 is 0 Å². The Morgan fingerprint density at radius 1 is 1.29 bits per heavy atom. The van der Waals surface area contributed by atoms with Gasteiger partial charge in [0.25, 0.3) is 0 Å². The highest BCUT2D eigenvalue weighted by molar-refractivity contribution is 7.88. The number of aromatic nitrogens is 2. The molecule has 96 valence electrons. The maximum absolute atomic E-state index is 10.8. The van der Waals surface area contributed by atoms with Crippen molar-refractivity contribution in [3.05, 3.63) is 12.4 Å². The van der Waals surface area contributed by atoms with Crippen molar-refractivity contribution in [2.24, 2.45) is 0 Å². The van der Waals surface area contributed by atoms with Gasteiger partial charge in [0.15, 0.2) is 5.75 Å². The monoisotopic (exact) mass is 260 g/mol. The molecule has 0 radical (unpaired) electrons. The Labute approximate surface area is 101 Å². The highest BCUT2D eigenvalue weighted by atomic mass is 32.2. The fourth-order valence-corrected chi connectivity index (χ4v) is 1.57. The first kappa shape index (κ1) is 13.7. The van der Waals surface area contributed by atoms with Crippen molar-refractivity contribution in [3.8, 4) is 5.75 Å². The molecule has 1 heterocycles. The van der Waals surface area contributed by atoms with Gasteiger partial charge in [-0.05, 0) is 6.42 Å². The van der Waals surface area contributed by atoms with Gasteiger partial charge < -0.3 is 10.1 Å². The Morgan fingerprint density at radius 3 is 2.47 bits per heavy atom. The van der Waals surface area contributed by atoms with E-state index in [0.717, 1.165) is 6.26 Å². The molecule has 0 aromatic carbocycles. The number of sulfonamides is 1. The number of nitrogens with zero attached hydrogens (tertiary/aromatic N) is 2. The molecular formula is C9H16N4O3S. The topological polar surface area (TPSA) is 93.2 Å². The summed E-state index contributed by atoms with van der Waals surface area (Å²) in [6, 6.07) is 0. The molecular weight excluding hydrogens is 244 g/mol. The smallest absolute Gasteiger partial charge is 0.222 e. The largest absolute Gasteiger partial charge is 0.494 e. The molecule has 0 spiro atoms. The number of ether oxygens (including phenoxy) is 1. The van der Waals surface area contributed by atoms with Crippen molar-refractivity contribution >= 4 is 16.0 Å². The number of rotatable bonds is 7. The predicted octanol–water partition coefficient (Wildman–Crippen LogP) is -0.164. The van der Waals surface area contributed by atoms with E-state index in [0.29, 0.717) is 31.2 Å². The first-order chi connectivity index (χ1) is 8.01. The van der Waals surface area contributed by atoms with Crippen molar-refractivity contribution in [3.63, 3.8) is 0 Å². The van der Waals surface area contributed by atoms with Crippen LogP contribution in [0.3, 0.4) is 0 Å². The third kappa shape index (κ3) is 6.03. The number of hydrogen-bond acceptors (Lipinski definition) is 6. The Hall–Kier alpha value is -1.41. The second-order valence-corrected chi connectivity index (χ2v) is 5.23. The summed E-state index contributed by atoms with van der Waals surface area (Å²) in [6.07, 6.45) is 4.91. The summed E-state index contributed by atoms with van der Waals surface area (Å²) in [5.41, 5.74) is 0. The van der Waals surface area contributed by atoms with E-state index in [-0.39, 0.29) is 0 Å². The summed E-state index contributed by atoms with van der Waals surface area (Å²) in [4.78, 5) is 8.02. The molecule has 1 rings (SSSR count). The molecule has 0 saturated carbocycles. The van der Waals surface area contributed by atoms with E-state index in [4.69, 9.17) is 4.74 Å². The highest BCUT2D eigenvalue weighted by Gasteiger charge is 1.99. The molecule has 8 heteroatoms. The number of methoxy groups -OCH3 is 1. The van der Waals surface area contributed by atoms with E-state index in [1.807, 2.05) is 0 Å². The van der Waals surface area contributed by atoms with Gasteiger partial charge in [-0.15, -0.1) is 0 Å². The van der Waals surface area contributed by atoms with Crippen molar-refractivity contribution in [2.75, 3.05) is 31.8 Å². The maximum Gasteiger partial charge on any atom is 0.222 e. The van der Waals surface area contributed by atoms with Crippen LogP contribution in [-0.2, 0) is 10.0 Å². The van der Waals surface area contributed by atoms with Crippen LogP contribution in [0.15, 0.2) is 12.4 Å².